The number of hydrogen-bond donors (Lipinski definition) is 12. The van der Waals surface area contributed by atoms with Gasteiger partial charge in [0.05, 0.1) is 38.6 Å². The molecular formula is C66H121NO18. The standard InChI is InChI=1S/C66H121NO18/c1-3-5-7-9-11-13-15-16-17-18-19-20-21-22-23-24-25-26-27-28-29-30-31-32-34-36-38-40-42-44-54(72)67-49(50(71)43-41-39-37-35-33-14-12-10-8-6-4-2)48-80-64-60(78)57(75)62(52(46-69)82-64)85-66-61(79)58(76)63(53(47-70)83-66)84-65-59(77)56(74)55(73)51(45-68)81-65/h15-16,18-19,41,43,49-53,55-66,68-71,73-79H,3-14,17,20-40,42,44-48H2,1-2H3,(H,67,72)/b16-15-,19-18-,43-41+. The van der Waals surface area contributed by atoms with Gasteiger partial charge in [0.15, 0.2) is 18.9 Å². The van der Waals surface area contributed by atoms with E-state index in [1.54, 1.807) is 6.08 Å². The van der Waals surface area contributed by atoms with Gasteiger partial charge in [0.25, 0.3) is 0 Å². The molecule has 19 heteroatoms. The van der Waals surface area contributed by atoms with E-state index in [9.17, 15) is 61.0 Å². The molecule has 12 N–H and O–H groups in total. The minimum atomic E-state index is -1.98. The number of amides is 1. The zero-order valence-electron chi connectivity index (χ0n) is 52.3. The molecule has 0 aliphatic carbocycles. The first-order valence-corrected chi connectivity index (χ1v) is 33.7. The van der Waals surface area contributed by atoms with Crippen LogP contribution in [0.15, 0.2) is 36.5 Å². The fourth-order valence-corrected chi connectivity index (χ4v) is 11.4. The molecule has 3 aliphatic rings. The molecule has 3 fully saturated rings. The SMILES string of the molecule is CCCCCCC/C=C\C/C=C\CCCCCCCCCCCCCCCCCCCC(=O)NC(COC1OC(CO)C(OC2OC(CO)C(OC3OC(CO)C(O)C(O)C3O)C(O)C2O)C(O)C1O)C(O)/C=C/CCCCCCCCCCC. The highest BCUT2D eigenvalue weighted by Crippen LogP contribution is 2.33. The van der Waals surface area contributed by atoms with Gasteiger partial charge < -0.3 is 89.9 Å². The summed E-state index contributed by atoms with van der Waals surface area (Å²) >= 11 is 0. The van der Waals surface area contributed by atoms with E-state index in [1.807, 2.05) is 6.08 Å². The molecule has 3 heterocycles. The van der Waals surface area contributed by atoms with E-state index >= 15 is 0 Å². The van der Waals surface area contributed by atoms with E-state index in [0.29, 0.717) is 6.42 Å². The third kappa shape index (κ3) is 31.5. The van der Waals surface area contributed by atoms with E-state index in [2.05, 4.69) is 43.5 Å². The molecule has 0 saturated carbocycles. The van der Waals surface area contributed by atoms with Crippen LogP contribution in [0.2, 0.25) is 0 Å². The van der Waals surface area contributed by atoms with Gasteiger partial charge in [-0.3, -0.25) is 4.79 Å². The maximum Gasteiger partial charge on any atom is 0.220 e. The van der Waals surface area contributed by atoms with Crippen LogP contribution in [0.3, 0.4) is 0 Å². The highest BCUT2D eigenvalue weighted by atomic mass is 16.8. The van der Waals surface area contributed by atoms with Gasteiger partial charge in [0, 0.05) is 6.42 Å². The van der Waals surface area contributed by atoms with Crippen molar-refractivity contribution in [2.24, 2.45) is 0 Å². The van der Waals surface area contributed by atoms with Gasteiger partial charge in [0.1, 0.15) is 73.2 Å². The van der Waals surface area contributed by atoms with Gasteiger partial charge in [-0.15, -0.1) is 0 Å². The quantitative estimate of drug-likeness (QED) is 0.0202. The summed E-state index contributed by atoms with van der Waals surface area (Å²) < 4.78 is 34.3. The highest BCUT2D eigenvalue weighted by molar-refractivity contribution is 5.76. The predicted octanol–water partition coefficient (Wildman–Crippen LogP) is 8.05. The fraction of sp³-hybridized carbons (Fsp3) is 0.894. The Bertz CT molecular complexity index is 1690. The monoisotopic (exact) mass is 1220 g/mol. The van der Waals surface area contributed by atoms with Crippen LogP contribution in [-0.4, -0.2) is 193 Å². The summed E-state index contributed by atoms with van der Waals surface area (Å²) in [5, 5.41) is 120. The first kappa shape index (κ1) is 77.3. The zero-order valence-corrected chi connectivity index (χ0v) is 52.3. The molecule has 1 amide bonds. The van der Waals surface area contributed by atoms with Crippen molar-refractivity contribution in [3.63, 3.8) is 0 Å². The van der Waals surface area contributed by atoms with Crippen molar-refractivity contribution < 1.29 is 89.4 Å². The van der Waals surface area contributed by atoms with Crippen LogP contribution in [-0.2, 0) is 33.2 Å². The summed E-state index contributed by atoms with van der Waals surface area (Å²) in [7, 11) is 0. The number of unbranched alkanes of at least 4 members (excludes halogenated alkanes) is 31. The molecule has 0 bridgehead atoms. The Morgan fingerprint density at radius 1 is 0.424 bits per heavy atom. The molecule has 0 aromatic carbocycles. The third-order valence-corrected chi connectivity index (χ3v) is 16.9. The lowest BCUT2D eigenvalue weighted by molar-refractivity contribution is -0.379. The zero-order chi connectivity index (χ0) is 61.9. The molecule has 498 valence electrons. The molecule has 85 heavy (non-hydrogen) atoms. The lowest BCUT2D eigenvalue weighted by Gasteiger charge is -2.48. The molecule has 0 radical (unpaired) electrons. The Kier molecular flexibility index (Phi) is 44.4. The average Bonchev–Trinajstić information content (AvgIpc) is 3.05. The molecule has 3 rings (SSSR count). The Morgan fingerprint density at radius 3 is 1.20 bits per heavy atom. The van der Waals surface area contributed by atoms with Crippen LogP contribution in [0, 0.1) is 0 Å². The number of aliphatic hydroxyl groups is 11. The van der Waals surface area contributed by atoms with Gasteiger partial charge in [-0.1, -0.05) is 224 Å². The largest absolute Gasteiger partial charge is 0.394 e. The Labute approximate surface area is 511 Å². The number of nitrogens with one attached hydrogen (secondary N) is 1. The number of carbonyl (C=O) groups excluding carboxylic acids is 1. The lowest BCUT2D eigenvalue weighted by Crippen LogP contribution is -2.66. The molecule has 17 atom stereocenters. The van der Waals surface area contributed by atoms with Crippen molar-refractivity contribution in [1.29, 1.82) is 0 Å². The molecule has 3 aliphatic heterocycles. The van der Waals surface area contributed by atoms with Crippen molar-refractivity contribution in [2.75, 3.05) is 26.4 Å². The molecule has 0 aromatic heterocycles. The third-order valence-electron chi connectivity index (χ3n) is 16.9. The van der Waals surface area contributed by atoms with Crippen molar-refractivity contribution in [3.05, 3.63) is 36.5 Å². The van der Waals surface area contributed by atoms with Crippen LogP contribution in [0.5, 0.6) is 0 Å². The Balaban J connectivity index is 1.38. The average molecular weight is 1220 g/mol. The van der Waals surface area contributed by atoms with E-state index in [4.69, 9.17) is 28.4 Å². The summed E-state index contributed by atoms with van der Waals surface area (Å²) in [5.41, 5.74) is 0. The minimum absolute atomic E-state index is 0.245. The summed E-state index contributed by atoms with van der Waals surface area (Å²) in [6, 6.07) is -0.970. The van der Waals surface area contributed by atoms with E-state index in [-0.39, 0.29) is 18.9 Å². The smallest absolute Gasteiger partial charge is 0.220 e. The van der Waals surface area contributed by atoms with Crippen LogP contribution in [0.4, 0.5) is 0 Å². The number of rotatable bonds is 51. The highest BCUT2D eigenvalue weighted by Gasteiger charge is 2.53. The van der Waals surface area contributed by atoms with Gasteiger partial charge in [-0.05, 0) is 51.4 Å². The fourth-order valence-electron chi connectivity index (χ4n) is 11.4. The normalized spacial score (nSPS) is 29.2. The van der Waals surface area contributed by atoms with E-state index in [1.165, 1.54) is 167 Å². The molecule has 0 aromatic rings. The van der Waals surface area contributed by atoms with Gasteiger partial charge in [-0.25, -0.2) is 0 Å². The second-order valence-electron chi connectivity index (χ2n) is 24.3. The van der Waals surface area contributed by atoms with E-state index < -0.39 is 124 Å². The predicted molar refractivity (Wildman–Crippen MR) is 328 cm³/mol. The van der Waals surface area contributed by atoms with Gasteiger partial charge in [0.2, 0.25) is 5.91 Å². The number of allylic oxidation sites excluding steroid dienone is 5. The van der Waals surface area contributed by atoms with Crippen molar-refractivity contribution in [2.45, 2.75) is 349 Å². The summed E-state index contributed by atoms with van der Waals surface area (Å²) in [6.45, 7) is 1.71. The molecule has 19 nitrogen and oxygen atoms in total. The lowest BCUT2D eigenvalue weighted by atomic mass is 9.96. The van der Waals surface area contributed by atoms with Gasteiger partial charge in [-0.2, -0.15) is 0 Å². The number of carbonyl (C=O) groups is 1. The second-order valence-corrected chi connectivity index (χ2v) is 24.3. The minimum Gasteiger partial charge on any atom is -0.394 e. The first-order valence-electron chi connectivity index (χ1n) is 33.7. The van der Waals surface area contributed by atoms with Crippen LogP contribution in [0.25, 0.3) is 0 Å². The van der Waals surface area contributed by atoms with Crippen LogP contribution < -0.4 is 5.32 Å². The molecule has 0 spiro atoms. The number of aliphatic hydroxyl groups excluding tert-OH is 11. The van der Waals surface area contributed by atoms with Gasteiger partial charge >= 0.3 is 0 Å². The Hall–Kier alpha value is -1.99. The number of ether oxygens (including phenoxy) is 6. The van der Waals surface area contributed by atoms with Crippen molar-refractivity contribution >= 4 is 5.91 Å². The molecule has 3 saturated heterocycles. The topological polar surface area (TPSA) is 307 Å². The van der Waals surface area contributed by atoms with Crippen LogP contribution in [0.1, 0.15) is 245 Å². The summed E-state index contributed by atoms with van der Waals surface area (Å²) in [5.74, 6) is -0.275. The maximum atomic E-state index is 13.4. The summed E-state index contributed by atoms with van der Waals surface area (Å²) in [4.78, 5) is 13.4. The number of hydrogen-bond acceptors (Lipinski definition) is 18. The summed E-state index contributed by atoms with van der Waals surface area (Å²) in [6.07, 6.45) is 28.6. The Morgan fingerprint density at radius 2 is 0.776 bits per heavy atom. The van der Waals surface area contributed by atoms with Crippen LogP contribution >= 0.6 is 0 Å². The van der Waals surface area contributed by atoms with Crippen molar-refractivity contribution in [1.82, 2.24) is 5.32 Å². The van der Waals surface area contributed by atoms with Crippen molar-refractivity contribution in [3.8, 4) is 0 Å². The van der Waals surface area contributed by atoms with E-state index in [0.717, 1.165) is 51.4 Å². The molecule has 17 unspecified atom stereocenters. The maximum absolute atomic E-state index is 13.4. The second kappa shape index (κ2) is 48.8. The first-order chi connectivity index (χ1) is 41.3. The molecular weight excluding hydrogens is 1090 g/mol.